The van der Waals surface area contributed by atoms with Gasteiger partial charge in [-0.15, -0.1) is 0 Å². The maximum Gasteiger partial charge on any atom is 0.341 e. The molecule has 3 aromatic rings. The van der Waals surface area contributed by atoms with E-state index in [1.165, 1.54) is 36.5 Å². The van der Waals surface area contributed by atoms with Crippen molar-refractivity contribution in [2.75, 3.05) is 6.61 Å². The lowest BCUT2D eigenvalue weighted by molar-refractivity contribution is 0.00647. The van der Waals surface area contributed by atoms with Crippen LogP contribution in [0.25, 0.3) is 11.3 Å². The minimum atomic E-state index is -0.693. The van der Waals surface area contributed by atoms with Crippen molar-refractivity contribution < 1.29 is 23.4 Å². The average molecular weight is 471 g/mol. The zero-order valence-corrected chi connectivity index (χ0v) is 19.9. The predicted octanol–water partition coefficient (Wildman–Crippen LogP) is 6.23. The lowest BCUT2D eigenvalue weighted by atomic mass is 10.1. The first-order valence-corrected chi connectivity index (χ1v) is 11.7. The average Bonchev–Trinajstić information content (AvgIpc) is 3.45. The Hall–Kier alpha value is -3.00. The van der Waals surface area contributed by atoms with Crippen LogP contribution < -0.4 is 9.47 Å². The number of pyridine rings is 1. The Morgan fingerprint density at radius 1 is 1.21 bits per heavy atom. The Balaban J connectivity index is 1.39. The minimum Gasteiger partial charge on any atom is -0.484 e. The standard InChI is InChI=1S/C25H27FN2O4S/c1-15(31-18-8-10-23(27-13-18)30-14-16-5-6-16)22-12-21(28-33-22)17-7-9-19(20(26)11-17)24(29)32-25(2,3)4/h7-13,15-16H,5-6,14H2,1-4H3/t15-/m1/s1. The second kappa shape index (κ2) is 9.47. The van der Waals surface area contributed by atoms with Gasteiger partial charge in [-0.25, -0.2) is 14.2 Å². The highest BCUT2D eigenvalue weighted by Crippen LogP contribution is 2.31. The van der Waals surface area contributed by atoms with Crippen LogP contribution in [0.4, 0.5) is 4.39 Å². The van der Waals surface area contributed by atoms with Crippen molar-refractivity contribution in [1.29, 1.82) is 0 Å². The summed E-state index contributed by atoms with van der Waals surface area (Å²) in [6, 6.07) is 9.88. The molecule has 0 radical (unpaired) electrons. The number of rotatable bonds is 8. The summed E-state index contributed by atoms with van der Waals surface area (Å²) < 4.78 is 35.9. The Kier molecular flexibility index (Phi) is 6.65. The van der Waals surface area contributed by atoms with Gasteiger partial charge in [-0.2, -0.15) is 4.37 Å². The van der Waals surface area contributed by atoms with Gasteiger partial charge in [-0.05, 0) is 82.3 Å². The van der Waals surface area contributed by atoms with Crippen molar-refractivity contribution in [3.63, 3.8) is 0 Å². The van der Waals surface area contributed by atoms with E-state index in [0.29, 0.717) is 35.4 Å². The molecular weight excluding hydrogens is 443 g/mol. The third-order valence-corrected chi connectivity index (χ3v) is 5.95. The number of benzene rings is 1. The van der Waals surface area contributed by atoms with Crippen molar-refractivity contribution in [2.24, 2.45) is 5.92 Å². The molecular formula is C25H27FN2O4S. The van der Waals surface area contributed by atoms with Gasteiger partial charge < -0.3 is 14.2 Å². The van der Waals surface area contributed by atoms with Crippen LogP contribution in [0.2, 0.25) is 0 Å². The van der Waals surface area contributed by atoms with E-state index in [2.05, 4.69) is 9.36 Å². The fourth-order valence-corrected chi connectivity index (χ4v) is 3.78. The SMILES string of the molecule is C[C@@H](Oc1ccc(OCC2CC2)nc1)c1cc(-c2ccc(C(=O)OC(C)(C)C)c(F)c2)ns1. The number of esters is 1. The van der Waals surface area contributed by atoms with Crippen LogP contribution in [0.3, 0.4) is 0 Å². The third-order valence-electron chi connectivity index (χ3n) is 5.00. The fourth-order valence-electron chi connectivity index (χ4n) is 3.06. The van der Waals surface area contributed by atoms with Crippen LogP contribution in [-0.4, -0.2) is 27.5 Å². The molecule has 1 fully saturated rings. The quantitative estimate of drug-likeness (QED) is 0.364. The van der Waals surface area contributed by atoms with Crippen LogP contribution in [-0.2, 0) is 4.74 Å². The Bertz CT molecular complexity index is 1120. The van der Waals surface area contributed by atoms with Gasteiger partial charge >= 0.3 is 5.97 Å². The second-order valence-corrected chi connectivity index (χ2v) is 9.99. The summed E-state index contributed by atoms with van der Waals surface area (Å²) in [6.07, 6.45) is 3.85. The maximum atomic E-state index is 14.6. The molecule has 174 valence electrons. The molecule has 33 heavy (non-hydrogen) atoms. The third kappa shape index (κ3) is 6.28. The number of carbonyl (C=O) groups is 1. The largest absolute Gasteiger partial charge is 0.484 e. The molecule has 1 atom stereocenters. The van der Waals surface area contributed by atoms with Crippen LogP contribution in [0, 0.1) is 11.7 Å². The lowest BCUT2D eigenvalue weighted by Gasteiger charge is -2.19. The molecule has 0 aliphatic heterocycles. The number of halogens is 1. The van der Waals surface area contributed by atoms with Gasteiger partial charge in [0.05, 0.1) is 28.9 Å². The van der Waals surface area contributed by atoms with Crippen LogP contribution in [0.15, 0.2) is 42.6 Å². The Morgan fingerprint density at radius 3 is 2.64 bits per heavy atom. The van der Waals surface area contributed by atoms with Crippen molar-refractivity contribution in [3.8, 4) is 22.9 Å². The molecule has 8 heteroatoms. The Morgan fingerprint density at radius 2 is 2.00 bits per heavy atom. The number of aromatic nitrogens is 2. The smallest absolute Gasteiger partial charge is 0.341 e. The molecule has 2 heterocycles. The number of hydrogen-bond donors (Lipinski definition) is 0. The van der Waals surface area contributed by atoms with E-state index in [0.717, 1.165) is 4.88 Å². The molecule has 0 saturated heterocycles. The minimum absolute atomic E-state index is 0.0992. The summed E-state index contributed by atoms with van der Waals surface area (Å²) in [4.78, 5) is 17.4. The number of nitrogens with zero attached hydrogens (tertiary/aromatic N) is 2. The normalized spacial score (nSPS) is 14.6. The first kappa shape index (κ1) is 23.2. The summed E-state index contributed by atoms with van der Waals surface area (Å²) in [6.45, 7) is 7.85. The van der Waals surface area contributed by atoms with Crippen molar-refractivity contribution >= 4 is 17.5 Å². The molecule has 1 aliphatic rings. The molecule has 1 saturated carbocycles. The molecule has 0 spiro atoms. The van der Waals surface area contributed by atoms with E-state index in [9.17, 15) is 9.18 Å². The van der Waals surface area contributed by atoms with Gasteiger partial charge in [-0.3, -0.25) is 0 Å². The molecule has 4 rings (SSSR count). The van der Waals surface area contributed by atoms with Gasteiger partial charge in [0.1, 0.15) is 23.3 Å². The molecule has 1 aliphatic carbocycles. The van der Waals surface area contributed by atoms with Crippen LogP contribution in [0.1, 0.15) is 61.9 Å². The van der Waals surface area contributed by atoms with Crippen LogP contribution >= 0.6 is 11.5 Å². The number of hydrogen-bond acceptors (Lipinski definition) is 7. The van der Waals surface area contributed by atoms with Gasteiger partial charge in [0.25, 0.3) is 0 Å². The van der Waals surface area contributed by atoms with E-state index >= 15 is 0 Å². The van der Waals surface area contributed by atoms with E-state index in [1.807, 2.05) is 19.1 Å². The Labute approximate surface area is 196 Å². The molecule has 1 aromatic carbocycles. The molecule has 0 bridgehead atoms. The van der Waals surface area contributed by atoms with E-state index in [1.54, 1.807) is 39.1 Å². The molecule has 2 aromatic heterocycles. The zero-order valence-electron chi connectivity index (χ0n) is 19.1. The summed E-state index contributed by atoms with van der Waals surface area (Å²) in [5.41, 5.74) is 0.398. The monoisotopic (exact) mass is 470 g/mol. The van der Waals surface area contributed by atoms with Gasteiger partial charge in [0.15, 0.2) is 0 Å². The highest BCUT2D eigenvalue weighted by atomic mass is 32.1. The highest BCUT2D eigenvalue weighted by Gasteiger charge is 2.23. The van der Waals surface area contributed by atoms with Gasteiger partial charge in [0.2, 0.25) is 5.88 Å². The number of carbonyl (C=O) groups excluding carboxylic acids is 1. The van der Waals surface area contributed by atoms with Crippen molar-refractivity contribution in [1.82, 2.24) is 9.36 Å². The van der Waals surface area contributed by atoms with Crippen LogP contribution in [0.5, 0.6) is 11.6 Å². The molecule has 0 unspecified atom stereocenters. The number of ether oxygens (including phenoxy) is 3. The maximum absolute atomic E-state index is 14.6. The summed E-state index contributed by atoms with van der Waals surface area (Å²) in [5.74, 6) is 0.564. The zero-order chi connectivity index (χ0) is 23.6. The van der Waals surface area contributed by atoms with Gasteiger partial charge in [0, 0.05) is 11.6 Å². The summed E-state index contributed by atoms with van der Waals surface area (Å²) in [7, 11) is 0. The van der Waals surface area contributed by atoms with Gasteiger partial charge in [-0.1, -0.05) is 6.07 Å². The second-order valence-electron chi connectivity index (χ2n) is 9.16. The topological polar surface area (TPSA) is 70.5 Å². The van der Waals surface area contributed by atoms with E-state index in [-0.39, 0.29) is 11.7 Å². The fraction of sp³-hybridized carbons (Fsp3) is 0.400. The summed E-state index contributed by atoms with van der Waals surface area (Å²) in [5, 5.41) is 0. The van der Waals surface area contributed by atoms with Crippen molar-refractivity contribution in [2.45, 2.75) is 52.2 Å². The highest BCUT2D eigenvalue weighted by molar-refractivity contribution is 7.06. The van der Waals surface area contributed by atoms with E-state index < -0.39 is 17.4 Å². The van der Waals surface area contributed by atoms with Crippen molar-refractivity contribution in [3.05, 3.63) is 58.9 Å². The molecule has 0 N–H and O–H groups in total. The first-order chi connectivity index (χ1) is 15.7. The van der Waals surface area contributed by atoms with E-state index in [4.69, 9.17) is 14.2 Å². The lowest BCUT2D eigenvalue weighted by Crippen LogP contribution is -2.24. The molecule has 0 amide bonds. The summed E-state index contributed by atoms with van der Waals surface area (Å²) >= 11 is 1.28. The first-order valence-electron chi connectivity index (χ1n) is 10.9. The molecule has 6 nitrogen and oxygen atoms in total. The predicted molar refractivity (Wildman–Crippen MR) is 124 cm³/mol.